The van der Waals surface area contributed by atoms with Crippen molar-refractivity contribution >= 4 is 15.7 Å². The lowest BCUT2D eigenvalue weighted by Gasteiger charge is -2.44. The molecule has 30 heavy (non-hydrogen) atoms. The number of nitrogens with zero attached hydrogens (tertiary/aromatic N) is 1. The first-order valence-corrected chi connectivity index (χ1v) is 12.2. The number of carbonyl (C=O) groups excluding carboxylic acids is 1. The molecule has 0 unspecified atom stereocenters. The van der Waals surface area contributed by atoms with Gasteiger partial charge in [-0.1, -0.05) is 30.3 Å². The maximum atomic E-state index is 12.8. The molecule has 0 aromatic heterocycles. The molecule has 1 fully saturated rings. The average molecular weight is 428 g/mol. The van der Waals surface area contributed by atoms with Crippen LogP contribution in [0.5, 0.6) is 5.75 Å². The van der Waals surface area contributed by atoms with Gasteiger partial charge in [-0.3, -0.25) is 4.79 Å². The first kappa shape index (κ1) is 20.9. The quantitative estimate of drug-likeness (QED) is 0.745. The van der Waals surface area contributed by atoms with Crippen LogP contribution in [0.1, 0.15) is 44.2 Å². The van der Waals surface area contributed by atoms with Crippen LogP contribution in [0, 0.1) is 0 Å². The van der Waals surface area contributed by atoms with Crippen molar-refractivity contribution in [3.05, 3.63) is 59.7 Å². The lowest BCUT2D eigenvalue weighted by atomic mass is 9.83. The van der Waals surface area contributed by atoms with Crippen molar-refractivity contribution in [1.82, 2.24) is 4.90 Å². The van der Waals surface area contributed by atoms with E-state index in [0.717, 1.165) is 37.0 Å². The zero-order valence-corrected chi connectivity index (χ0v) is 18.5. The number of aryl methyl sites for hydroxylation is 1. The van der Waals surface area contributed by atoms with Crippen molar-refractivity contribution in [3.63, 3.8) is 0 Å². The predicted molar refractivity (Wildman–Crippen MR) is 116 cm³/mol. The number of benzene rings is 2. The molecule has 1 saturated heterocycles. The Bertz CT molecular complexity index is 1020. The second kappa shape index (κ2) is 8.06. The van der Waals surface area contributed by atoms with Crippen molar-refractivity contribution in [2.24, 2.45) is 0 Å². The summed E-state index contributed by atoms with van der Waals surface area (Å²) in [7, 11) is -3.29. The Balaban J connectivity index is 1.35. The number of sulfone groups is 1. The van der Waals surface area contributed by atoms with E-state index in [2.05, 4.69) is 6.07 Å². The number of carbonyl (C=O) groups is 1. The van der Waals surface area contributed by atoms with Crippen LogP contribution < -0.4 is 4.74 Å². The van der Waals surface area contributed by atoms with E-state index in [9.17, 15) is 13.2 Å². The molecule has 0 aliphatic carbocycles. The SMILES string of the molecule is CC(C)S(=O)(=O)c1ccc(CC(=O)N2CCC3(CCc4ccccc4O3)CC2)cc1. The number of hydrogen-bond acceptors (Lipinski definition) is 4. The fourth-order valence-electron chi connectivity index (χ4n) is 4.33. The maximum Gasteiger partial charge on any atom is 0.226 e. The molecule has 5 nitrogen and oxygen atoms in total. The second-order valence-corrected chi connectivity index (χ2v) is 11.2. The van der Waals surface area contributed by atoms with E-state index >= 15 is 0 Å². The summed E-state index contributed by atoms with van der Waals surface area (Å²) < 4.78 is 30.9. The van der Waals surface area contributed by atoms with Gasteiger partial charge in [0.25, 0.3) is 0 Å². The first-order valence-electron chi connectivity index (χ1n) is 10.7. The van der Waals surface area contributed by atoms with Gasteiger partial charge in [0.15, 0.2) is 9.84 Å². The van der Waals surface area contributed by atoms with E-state index in [1.54, 1.807) is 38.1 Å². The van der Waals surface area contributed by atoms with Crippen molar-refractivity contribution in [2.75, 3.05) is 13.1 Å². The maximum absolute atomic E-state index is 12.8. The van der Waals surface area contributed by atoms with Crippen LogP contribution in [0.15, 0.2) is 53.4 Å². The van der Waals surface area contributed by atoms with E-state index < -0.39 is 15.1 Å². The third-order valence-electron chi connectivity index (χ3n) is 6.40. The Morgan fingerprint density at radius 1 is 1.03 bits per heavy atom. The van der Waals surface area contributed by atoms with Crippen molar-refractivity contribution in [2.45, 2.75) is 61.7 Å². The van der Waals surface area contributed by atoms with Gasteiger partial charge in [-0.05, 0) is 56.0 Å². The number of piperidine rings is 1. The highest BCUT2D eigenvalue weighted by molar-refractivity contribution is 7.92. The van der Waals surface area contributed by atoms with Gasteiger partial charge in [-0.15, -0.1) is 0 Å². The Hall–Kier alpha value is -2.34. The molecule has 0 N–H and O–H groups in total. The summed E-state index contributed by atoms with van der Waals surface area (Å²) in [6, 6.07) is 14.9. The number of ether oxygens (including phenoxy) is 1. The molecule has 4 rings (SSSR count). The highest BCUT2D eigenvalue weighted by atomic mass is 32.2. The number of rotatable bonds is 4. The highest BCUT2D eigenvalue weighted by Gasteiger charge is 2.40. The van der Waals surface area contributed by atoms with E-state index in [-0.39, 0.29) is 11.5 Å². The molecule has 6 heteroatoms. The van der Waals surface area contributed by atoms with Crippen LogP contribution in [0.2, 0.25) is 0 Å². The molecule has 2 aromatic carbocycles. The van der Waals surface area contributed by atoms with Crippen LogP contribution in [0.25, 0.3) is 0 Å². The van der Waals surface area contributed by atoms with Gasteiger partial charge in [0.05, 0.1) is 16.6 Å². The zero-order valence-electron chi connectivity index (χ0n) is 17.6. The van der Waals surface area contributed by atoms with Gasteiger partial charge >= 0.3 is 0 Å². The third kappa shape index (κ3) is 4.10. The molecule has 1 amide bonds. The minimum Gasteiger partial charge on any atom is -0.487 e. The Morgan fingerprint density at radius 2 is 1.70 bits per heavy atom. The summed E-state index contributed by atoms with van der Waals surface area (Å²) in [5, 5.41) is -0.459. The van der Waals surface area contributed by atoms with Crippen molar-refractivity contribution in [3.8, 4) is 5.75 Å². The van der Waals surface area contributed by atoms with E-state index in [1.807, 2.05) is 23.1 Å². The van der Waals surface area contributed by atoms with Gasteiger partial charge in [-0.2, -0.15) is 0 Å². The average Bonchev–Trinajstić information content (AvgIpc) is 2.74. The molecule has 160 valence electrons. The molecule has 0 bridgehead atoms. The van der Waals surface area contributed by atoms with Gasteiger partial charge < -0.3 is 9.64 Å². The zero-order chi connectivity index (χ0) is 21.4. The number of para-hydroxylation sites is 1. The number of likely N-dealkylation sites (tertiary alicyclic amines) is 1. The van der Waals surface area contributed by atoms with Gasteiger partial charge in [-0.25, -0.2) is 8.42 Å². The monoisotopic (exact) mass is 427 g/mol. The van der Waals surface area contributed by atoms with Gasteiger partial charge in [0.1, 0.15) is 11.4 Å². The smallest absolute Gasteiger partial charge is 0.226 e. The lowest BCUT2D eigenvalue weighted by molar-refractivity contribution is -0.134. The second-order valence-electron chi connectivity index (χ2n) is 8.69. The lowest BCUT2D eigenvalue weighted by Crippen LogP contribution is -2.51. The number of hydrogen-bond donors (Lipinski definition) is 0. The van der Waals surface area contributed by atoms with Crippen LogP contribution >= 0.6 is 0 Å². The van der Waals surface area contributed by atoms with Crippen LogP contribution in [-0.4, -0.2) is 43.2 Å². The Morgan fingerprint density at radius 3 is 2.37 bits per heavy atom. The van der Waals surface area contributed by atoms with Gasteiger partial charge in [0, 0.05) is 25.9 Å². The molecule has 2 aliphatic rings. The predicted octanol–water partition coefficient (Wildman–Crippen LogP) is 3.80. The van der Waals surface area contributed by atoms with Crippen molar-refractivity contribution < 1.29 is 17.9 Å². The molecule has 2 heterocycles. The summed E-state index contributed by atoms with van der Waals surface area (Å²) in [5.74, 6) is 1.07. The first-order chi connectivity index (χ1) is 14.3. The minimum absolute atomic E-state index is 0.0838. The normalized spacial score (nSPS) is 18.2. The summed E-state index contributed by atoms with van der Waals surface area (Å²) in [4.78, 5) is 15.0. The highest BCUT2D eigenvalue weighted by Crippen LogP contribution is 2.39. The topological polar surface area (TPSA) is 63.7 Å². The summed E-state index contributed by atoms with van der Waals surface area (Å²) >= 11 is 0. The molecule has 0 radical (unpaired) electrons. The largest absolute Gasteiger partial charge is 0.487 e. The standard InChI is InChI=1S/C24H29NO4S/c1-18(2)30(27,28)21-9-7-19(8-10-21)17-23(26)25-15-13-24(14-16-25)12-11-20-5-3-4-6-22(20)29-24/h3-10,18H,11-17H2,1-2H3. The molecule has 0 atom stereocenters. The molecule has 2 aliphatic heterocycles. The van der Waals surface area contributed by atoms with Gasteiger partial charge in [0.2, 0.25) is 5.91 Å². The van der Waals surface area contributed by atoms with Crippen LogP contribution in [0.3, 0.4) is 0 Å². The molecular formula is C24H29NO4S. The number of fused-ring (bicyclic) bond motifs is 1. The van der Waals surface area contributed by atoms with Crippen molar-refractivity contribution in [1.29, 1.82) is 0 Å². The minimum atomic E-state index is -3.29. The summed E-state index contributed by atoms with van der Waals surface area (Å²) in [6.07, 6.45) is 4.00. The molecule has 0 saturated carbocycles. The van der Waals surface area contributed by atoms with Crippen LogP contribution in [-0.2, 0) is 27.5 Å². The van der Waals surface area contributed by atoms with Crippen LogP contribution in [0.4, 0.5) is 0 Å². The Labute approximate surface area is 179 Å². The van der Waals surface area contributed by atoms with E-state index in [1.165, 1.54) is 5.56 Å². The molecule has 1 spiro atoms. The molecule has 2 aromatic rings. The summed E-state index contributed by atoms with van der Waals surface area (Å²) in [6.45, 7) is 4.73. The summed E-state index contributed by atoms with van der Waals surface area (Å²) in [5.41, 5.74) is 1.95. The van der Waals surface area contributed by atoms with E-state index in [0.29, 0.717) is 24.4 Å². The number of amides is 1. The van der Waals surface area contributed by atoms with E-state index in [4.69, 9.17) is 4.74 Å². The fraction of sp³-hybridized carbons (Fsp3) is 0.458. The molecular weight excluding hydrogens is 398 g/mol. The fourth-order valence-corrected chi connectivity index (χ4v) is 5.39. The Kier molecular flexibility index (Phi) is 5.62. The third-order valence-corrected chi connectivity index (χ3v) is 8.57.